The maximum atomic E-state index is 13.3. The molecular weight excluding hydrogens is 557 g/mol. The Balaban J connectivity index is 1.32. The second-order valence-electron chi connectivity index (χ2n) is 9.64. The lowest BCUT2D eigenvalue weighted by Gasteiger charge is -2.30. The summed E-state index contributed by atoms with van der Waals surface area (Å²) in [4.78, 5) is 41.9. The zero-order valence-corrected chi connectivity index (χ0v) is 23.1. The van der Waals surface area contributed by atoms with Crippen LogP contribution < -0.4 is 10.2 Å². The number of ether oxygens (including phenoxy) is 1. The number of nitrogens with zero attached hydrogens (tertiary/aromatic N) is 3. The molecule has 0 radical (unpaired) electrons. The number of imide groups is 1. The third-order valence-corrected chi connectivity index (χ3v) is 7.80. The molecular formula is C29H27F3N4O4S. The van der Waals surface area contributed by atoms with E-state index in [0.717, 1.165) is 22.7 Å². The molecule has 3 heterocycles. The minimum Gasteiger partial charge on any atom is -0.378 e. The summed E-state index contributed by atoms with van der Waals surface area (Å²) >= 11 is 0.715. The van der Waals surface area contributed by atoms with Crippen molar-refractivity contribution in [3.63, 3.8) is 0 Å². The number of aromatic nitrogens is 1. The standard InChI is InChI=1S/C29H27F3N4O4S/c1-18-14-20(19(2)36(18)22-7-5-6-21(16-22)29(30,31)32)15-25-27(38)35(28(39)41-25)17-26(37)33-23-8-3-4-9-24(23)34-10-12-40-13-11-34/h3-9,14-16H,10-13,17H2,1-2H3,(H,33,37)/b25-15-. The first-order valence-corrected chi connectivity index (χ1v) is 13.7. The van der Waals surface area contributed by atoms with E-state index in [1.807, 2.05) is 12.1 Å². The molecule has 3 aromatic rings. The van der Waals surface area contributed by atoms with Gasteiger partial charge in [0.1, 0.15) is 6.54 Å². The van der Waals surface area contributed by atoms with Gasteiger partial charge in [-0.15, -0.1) is 0 Å². The smallest absolute Gasteiger partial charge is 0.378 e. The van der Waals surface area contributed by atoms with E-state index in [1.165, 1.54) is 12.1 Å². The molecule has 0 aliphatic carbocycles. The molecule has 0 saturated carbocycles. The molecule has 0 unspecified atom stereocenters. The molecule has 0 bridgehead atoms. The Morgan fingerprint density at radius 3 is 2.51 bits per heavy atom. The molecule has 3 amide bonds. The number of morpholine rings is 1. The molecule has 8 nitrogen and oxygen atoms in total. The number of carbonyl (C=O) groups excluding carboxylic acids is 3. The zero-order chi connectivity index (χ0) is 29.3. The number of carbonyl (C=O) groups is 3. The van der Waals surface area contributed by atoms with Gasteiger partial charge in [-0.2, -0.15) is 13.2 Å². The summed E-state index contributed by atoms with van der Waals surface area (Å²) in [6, 6.07) is 14.0. The summed E-state index contributed by atoms with van der Waals surface area (Å²) in [7, 11) is 0. The van der Waals surface area contributed by atoms with Gasteiger partial charge in [-0.1, -0.05) is 18.2 Å². The number of alkyl halides is 3. The average Bonchev–Trinajstić information content (AvgIpc) is 3.37. The number of amides is 3. The van der Waals surface area contributed by atoms with E-state index < -0.39 is 35.3 Å². The van der Waals surface area contributed by atoms with Crippen LogP contribution in [-0.4, -0.2) is 59.4 Å². The highest BCUT2D eigenvalue weighted by Crippen LogP contribution is 2.35. The van der Waals surface area contributed by atoms with Gasteiger partial charge in [-0.25, -0.2) is 0 Å². The first-order valence-electron chi connectivity index (χ1n) is 12.9. The van der Waals surface area contributed by atoms with Crippen molar-refractivity contribution in [3.05, 3.63) is 82.0 Å². The Morgan fingerprint density at radius 2 is 1.78 bits per heavy atom. The number of nitrogens with one attached hydrogen (secondary N) is 1. The highest BCUT2D eigenvalue weighted by molar-refractivity contribution is 8.18. The predicted octanol–water partition coefficient (Wildman–Crippen LogP) is 5.62. The van der Waals surface area contributed by atoms with E-state index >= 15 is 0 Å². The molecule has 0 spiro atoms. The highest BCUT2D eigenvalue weighted by Gasteiger charge is 2.37. The Kier molecular flexibility index (Phi) is 7.96. The van der Waals surface area contributed by atoms with Crippen molar-refractivity contribution in [3.8, 4) is 5.69 Å². The summed E-state index contributed by atoms with van der Waals surface area (Å²) in [6.07, 6.45) is -2.95. The van der Waals surface area contributed by atoms with Crippen molar-refractivity contribution in [1.29, 1.82) is 0 Å². The van der Waals surface area contributed by atoms with Crippen molar-refractivity contribution in [2.45, 2.75) is 20.0 Å². The number of anilines is 2. The Labute approximate surface area is 238 Å². The van der Waals surface area contributed by atoms with Gasteiger partial charge in [0.25, 0.3) is 11.1 Å². The van der Waals surface area contributed by atoms with Crippen LogP contribution in [0.15, 0.2) is 59.5 Å². The SMILES string of the molecule is Cc1cc(/C=C2\SC(=O)N(CC(=O)Nc3ccccc3N3CCOCC3)C2=O)c(C)n1-c1cccc(C(F)(F)F)c1. The van der Waals surface area contributed by atoms with E-state index in [9.17, 15) is 27.6 Å². The van der Waals surface area contributed by atoms with E-state index in [2.05, 4.69) is 10.2 Å². The maximum absolute atomic E-state index is 13.3. The van der Waals surface area contributed by atoms with Gasteiger partial charge in [0.15, 0.2) is 0 Å². The van der Waals surface area contributed by atoms with Crippen LogP contribution in [0.4, 0.5) is 29.3 Å². The average molecular weight is 585 g/mol. The van der Waals surface area contributed by atoms with Crippen LogP contribution in [-0.2, 0) is 20.5 Å². The molecule has 1 aromatic heterocycles. The molecule has 5 rings (SSSR count). The fourth-order valence-electron chi connectivity index (χ4n) is 4.92. The van der Waals surface area contributed by atoms with Crippen LogP contribution in [0.5, 0.6) is 0 Å². The van der Waals surface area contributed by atoms with Crippen LogP contribution in [0, 0.1) is 13.8 Å². The van der Waals surface area contributed by atoms with Crippen LogP contribution in [0.25, 0.3) is 11.8 Å². The van der Waals surface area contributed by atoms with Gasteiger partial charge in [-0.05, 0) is 73.6 Å². The number of thioether (sulfide) groups is 1. The van der Waals surface area contributed by atoms with Crippen molar-refractivity contribution >= 4 is 46.3 Å². The second kappa shape index (κ2) is 11.5. The molecule has 1 N–H and O–H groups in total. The third-order valence-electron chi connectivity index (χ3n) is 6.89. The summed E-state index contributed by atoms with van der Waals surface area (Å²) in [6.45, 7) is 5.52. The Morgan fingerprint density at radius 1 is 1.05 bits per heavy atom. The predicted molar refractivity (Wildman–Crippen MR) is 151 cm³/mol. The molecule has 2 saturated heterocycles. The summed E-state index contributed by atoms with van der Waals surface area (Å²) < 4.78 is 46.8. The number of rotatable bonds is 6. The number of benzene rings is 2. The van der Waals surface area contributed by atoms with Gasteiger partial charge in [-0.3, -0.25) is 19.3 Å². The lowest BCUT2D eigenvalue weighted by molar-refractivity contribution is -0.137. The van der Waals surface area contributed by atoms with Crippen LogP contribution >= 0.6 is 11.8 Å². The van der Waals surface area contributed by atoms with Crippen molar-refractivity contribution in [2.75, 3.05) is 43.1 Å². The molecule has 2 aromatic carbocycles. The molecule has 0 atom stereocenters. The second-order valence-corrected chi connectivity index (χ2v) is 10.6. The largest absolute Gasteiger partial charge is 0.416 e. The number of hydrogen-bond donors (Lipinski definition) is 1. The molecule has 2 aliphatic heterocycles. The third kappa shape index (κ3) is 6.03. The van der Waals surface area contributed by atoms with Crippen molar-refractivity contribution < 1.29 is 32.3 Å². The number of hydrogen-bond acceptors (Lipinski definition) is 6. The Bertz CT molecular complexity index is 1540. The minimum absolute atomic E-state index is 0.126. The highest BCUT2D eigenvalue weighted by atomic mass is 32.2. The van der Waals surface area contributed by atoms with Gasteiger partial charge in [0.05, 0.1) is 35.1 Å². The normalized spacial score (nSPS) is 17.0. The van der Waals surface area contributed by atoms with Crippen LogP contribution in [0.2, 0.25) is 0 Å². The fraction of sp³-hybridized carbons (Fsp3) is 0.276. The monoisotopic (exact) mass is 584 g/mol. The van der Waals surface area contributed by atoms with E-state index in [-0.39, 0.29) is 4.91 Å². The number of halogens is 3. The molecule has 2 fully saturated rings. The van der Waals surface area contributed by atoms with Crippen LogP contribution in [0.1, 0.15) is 22.5 Å². The first-order chi connectivity index (χ1) is 19.5. The quantitative estimate of drug-likeness (QED) is 0.379. The van der Waals surface area contributed by atoms with Gasteiger partial charge in [0.2, 0.25) is 5.91 Å². The topological polar surface area (TPSA) is 83.9 Å². The zero-order valence-electron chi connectivity index (χ0n) is 22.3. The molecule has 41 heavy (non-hydrogen) atoms. The van der Waals surface area contributed by atoms with E-state index in [1.54, 1.807) is 42.7 Å². The fourth-order valence-corrected chi connectivity index (χ4v) is 5.75. The van der Waals surface area contributed by atoms with Gasteiger partial charge < -0.3 is 19.5 Å². The van der Waals surface area contributed by atoms with Crippen molar-refractivity contribution in [2.24, 2.45) is 0 Å². The number of aryl methyl sites for hydroxylation is 1. The lowest BCUT2D eigenvalue weighted by Crippen LogP contribution is -2.38. The Hall–Kier alpha value is -4.03. The summed E-state index contributed by atoms with van der Waals surface area (Å²) in [5.41, 5.74) is 2.80. The molecule has 214 valence electrons. The van der Waals surface area contributed by atoms with E-state index in [0.29, 0.717) is 66.4 Å². The van der Waals surface area contributed by atoms with Gasteiger partial charge in [0, 0.05) is 30.2 Å². The minimum atomic E-state index is -4.48. The maximum Gasteiger partial charge on any atom is 0.416 e. The lowest BCUT2D eigenvalue weighted by atomic mass is 10.2. The van der Waals surface area contributed by atoms with Crippen LogP contribution in [0.3, 0.4) is 0 Å². The summed E-state index contributed by atoms with van der Waals surface area (Å²) in [5.74, 6) is -1.13. The summed E-state index contributed by atoms with van der Waals surface area (Å²) in [5, 5.41) is 2.23. The van der Waals surface area contributed by atoms with Gasteiger partial charge >= 0.3 is 6.18 Å². The number of para-hydroxylation sites is 2. The molecule has 12 heteroatoms. The van der Waals surface area contributed by atoms with Crippen molar-refractivity contribution in [1.82, 2.24) is 9.47 Å². The first kappa shape index (κ1) is 28.5. The molecule has 2 aliphatic rings. The van der Waals surface area contributed by atoms with E-state index in [4.69, 9.17) is 4.74 Å².